The molecule has 0 aromatic carbocycles. The van der Waals surface area contributed by atoms with Crippen LogP contribution in [0.25, 0.3) is 0 Å². The summed E-state index contributed by atoms with van der Waals surface area (Å²) in [4.78, 5) is 6.64. The van der Waals surface area contributed by atoms with Crippen molar-refractivity contribution < 1.29 is 9.84 Å². The molecule has 1 saturated heterocycles. The molecule has 1 fully saturated rings. The maximum atomic E-state index is 9.37. The predicted octanol–water partition coefficient (Wildman–Crippen LogP) is 0.825. The Kier molecular flexibility index (Phi) is 4.08. The zero-order valence-corrected chi connectivity index (χ0v) is 11.9. The summed E-state index contributed by atoms with van der Waals surface area (Å²) in [7, 11) is 0. The van der Waals surface area contributed by atoms with Crippen LogP contribution < -0.4 is 10.6 Å². The summed E-state index contributed by atoms with van der Waals surface area (Å²) in [5.74, 6) is 0.914. The Labute approximate surface area is 114 Å². The first kappa shape index (κ1) is 14.2. The first-order valence-electron chi connectivity index (χ1n) is 6.65. The minimum absolute atomic E-state index is 0.0176. The third-order valence-electron chi connectivity index (χ3n) is 3.46. The van der Waals surface area contributed by atoms with E-state index in [1.54, 1.807) is 6.20 Å². The fourth-order valence-corrected chi connectivity index (χ4v) is 2.65. The zero-order valence-electron chi connectivity index (χ0n) is 11.9. The van der Waals surface area contributed by atoms with Gasteiger partial charge in [0.15, 0.2) is 0 Å². The monoisotopic (exact) mass is 265 g/mol. The third kappa shape index (κ3) is 3.05. The van der Waals surface area contributed by atoms with Gasteiger partial charge in [0.05, 0.1) is 18.3 Å². The average Bonchev–Trinajstić information content (AvgIpc) is 2.36. The van der Waals surface area contributed by atoms with Gasteiger partial charge in [0, 0.05) is 31.4 Å². The fourth-order valence-electron chi connectivity index (χ4n) is 2.65. The average molecular weight is 265 g/mol. The summed E-state index contributed by atoms with van der Waals surface area (Å²) >= 11 is 0. The number of morpholine rings is 1. The van der Waals surface area contributed by atoms with Crippen molar-refractivity contribution in [1.82, 2.24) is 4.98 Å². The Morgan fingerprint density at radius 2 is 2.32 bits per heavy atom. The molecule has 0 amide bonds. The van der Waals surface area contributed by atoms with Crippen molar-refractivity contribution in [3.05, 3.63) is 23.4 Å². The van der Waals surface area contributed by atoms with Crippen LogP contribution in [0.5, 0.6) is 0 Å². The molecule has 1 aromatic rings. The molecule has 19 heavy (non-hydrogen) atoms. The molecule has 1 aliphatic rings. The van der Waals surface area contributed by atoms with Crippen LogP contribution in [0.3, 0.4) is 0 Å². The van der Waals surface area contributed by atoms with Gasteiger partial charge in [-0.1, -0.05) is 0 Å². The minimum atomic E-state index is -0.303. The predicted molar refractivity (Wildman–Crippen MR) is 75.1 cm³/mol. The molecule has 1 unspecified atom stereocenters. The van der Waals surface area contributed by atoms with Crippen LogP contribution in [0, 0.1) is 6.92 Å². The molecule has 1 atom stereocenters. The van der Waals surface area contributed by atoms with E-state index in [1.807, 2.05) is 26.8 Å². The summed E-state index contributed by atoms with van der Waals surface area (Å²) < 4.78 is 5.83. The van der Waals surface area contributed by atoms with Gasteiger partial charge in [-0.25, -0.2) is 4.98 Å². The SMILES string of the molecule is Cc1ccnc(N2CC(CO)OC(C)(C)C2)c1CN. The smallest absolute Gasteiger partial charge is 0.133 e. The molecule has 3 N–H and O–H groups in total. The minimum Gasteiger partial charge on any atom is -0.394 e. The second-order valence-corrected chi connectivity index (χ2v) is 5.70. The molecule has 0 radical (unpaired) electrons. The van der Waals surface area contributed by atoms with Crippen molar-refractivity contribution in [3.8, 4) is 0 Å². The topological polar surface area (TPSA) is 71.6 Å². The maximum Gasteiger partial charge on any atom is 0.133 e. The Bertz CT molecular complexity index is 448. The van der Waals surface area contributed by atoms with Gasteiger partial charge in [-0.3, -0.25) is 0 Å². The highest BCUT2D eigenvalue weighted by Crippen LogP contribution is 2.28. The van der Waals surface area contributed by atoms with Crippen molar-refractivity contribution >= 4 is 5.82 Å². The van der Waals surface area contributed by atoms with Crippen LogP contribution in [0.15, 0.2) is 12.3 Å². The highest BCUT2D eigenvalue weighted by molar-refractivity contribution is 5.51. The number of hydrogen-bond donors (Lipinski definition) is 2. The third-order valence-corrected chi connectivity index (χ3v) is 3.46. The lowest BCUT2D eigenvalue weighted by Crippen LogP contribution is -2.54. The van der Waals surface area contributed by atoms with Crippen LogP contribution in [-0.2, 0) is 11.3 Å². The maximum absolute atomic E-state index is 9.37. The largest absolute Gasteiger partial charge is 0.394 e. The molecule has 1 aliphatic heterocycles. The van der Waals surface area contributed by atoms with E-state index in [0.717, 1.165) is 23.5 Å². The van der Waals surface area contributed by atoms with Gasteiger partial charge in [0.1, 0.15) is 5.82 Å². The number of rotatable bonds is 3. The highest BCUT2D eigenvalue weighted by atomic mass is 16.5. The van der Waals surface area contributed by atoms with E-state index in [4.69, 9.17) is 10.5 Å². The lowest BCUT2D eigenvalue weighted by molar-refractivity contribution is -0.101. The Balaban J connectivity index is 2.33. The summed E-state index contributed by atoms with van der Waals surface area (Å²) in [6, 6.07) is 1.97. The number of nitrogens with two attached hydrogens (primary N) is 1. The van der Waals surface area contributed by atoms with E-state index < -0.39 is 0 Å². The van der Waals surface area contributed by atoms with Crippen LogP contribution in [0.4, 0.5) is 5.82 Å². The quantitative estimate of drug-likeness (QED) is 0.847. The Morgan fingerprint density at radius 3 is 2.95 bits per heavy atom. The summed E-state index contributed by atoms with van der Waals surface area (Å²) in [6.45, 7) is 7.97. The Hall–Kier alpha value is -1.17. The normalized spacial score (nSPS) is 22.6. The number of anilines is 1. The molecule has 0 bridgehead atoms. The van der Waals surface area contributed by atoms with E-state index >= 15 is 0 Å². The number of hydrogen-bond acceptors (Lipinski definition) is 5. The fraction of sp³-hybridized carbons (Fsp3) is 0.643. The molecule has 106 valence electrons. The number of aliphatic hydroxyl groups excluding tert-OH is 1. The standard InChI is InChI=1S/C14H23N3O2/c1-10-4-5-16-13(12(10)6-15)17-7-11(8-18)19-14(2,3)9-17/h4-5,11,18H,6-9,15H2,1-3H3. The Morgan fingerprint density at radius 1 is 1.58 bits per heavy atom. The second kappa shape index (κ2) is 5.45. The molecule has 0 aliphatic carbocycles. The molecule has 1 aromatic heterocycles. The van der Waals surface area contributed by atoms with E-state index in [-0.39, 0.29) is 18.3 Å². The number of pyridine rings is 1. The van der Waals surface area contributed by atoms with Gasteiger partial charge in [0.2, 0.25) is 0 Å². The van der Waals surface area contributed by atoms with E-state index in [2.05, 4.69) is 9.88 Å². The van der Waals surface area contributed by atoms with Crippen LogP contribution in [-0.4, -0.2) is 41.5 Å². The van der Waals surface area contributed by atoms with Gasteiger partial charge < -0.3 is 20.5 Å². The van der Waals surface area contributed by atoms with Crippen molar-refractivity contribution in [2.75, 3.05) is 24.6 Å². The molecular weight excluding hydrogens is 242 g/mol. The van der Waals surface area contributed by atoms with Gasteiger partial charge >= 0.3 is 0 Å². The van der Waals surface area contributed by atoms with Gasteiger partial charge in [-0.2, -0.15) is 0 Å². The lowest BCUT2D eigenvalue weighted by atomic mass is 10.0. The molecule has 0 spiro atoms. The molecule has 5 heteroatoms. The first-order chi connectivity index (χ1) is 8.96. The van der Waals surface area contributed by atoms with Crippen LogP contribution in [0.2, 0.25) is 0 Å². The van der Waals surface area contributed by atoms with Crippen LogP contribution >= 0.6 is 0 Å². The van der Waals surface area contributed by atoms with Gasteiger partial charge in [0.25, 0.3) is 0 Å². The van der Waals surface area contributed by atoms with Crippen LogP contribution in [0.1, 0.15) is 25.0 Å². The van der Waals surface area contributed by atoms with Crippen molar-refractivity contribution in [1.29, 1.82) is 0 Å². The zero-order chi connectivity index (χ0) is 14.0. The highest BCUT2D eigenvalue weighted by Gasteiger charge is 2.34. The second-order valence-electron chi connectivity index (χ2n) is 5.70. The summed E-state index contributed by atoms with van der Waals surface area (Å²) in [5, 5.41) is 9.37. The van der Waals surface area contributed by atoms with Crippen molar-refractivity contribution in [2.45, 2.75) is 39.0 Å². The number of nitrogens with zero attached hydrogens (tertiary/aromatic N) is 2. The molecule has 2 rings (SSSR count). The van der Waals surface area contributed by atoms with E-state index in [1.165, 1.54) is 0 Å². The number of aliphatic hydroxyl groups is 1. The molecule has 0 saturated carbocycles. The molecule has 5 nitrogen and oxygen atoms in total. The van der Waals surface area contributed by atoms with Crippen molar-refractivity contribution in [3.63, 3.8) is 0 Å². The number of aromatic nitrogens is 1. The first-order valence-corrected chi connectivity index (χ1v) is 6.65. The van der Waals surface area contributed by atoms with E-state index in [0.29, 0.717) is 13.1 Å². The molecular formula is C14H23N3O2. The molecule has 2 heterocycles. The van der Waals surface area contributed by atoms with Crippen molar-refractivity contribution in [2.24, 2.45) is 5.73 Å². The van der Waals surface area contributed by atoms with E-state index in [9.17, 15) is 5.11 Å². The van der Waals surface area contributed by atoms with Gasteiger partial charge in [-0.15, -0.1) is 0 Å². The lowest BCUT2D eigenvalue weighted by Gasteiger charge is -2.43. The summed E-state index contributed by atoms with van der Waals surface area (Å²) in [5.41, 5.74) is 7.76. The van der Waals surface area contributed by atoms with Gasteiger partial charge in [-0.05, 0) is 32.4 Å². The number of ether oxygens (including phenoxy) is 1. The number of aryl methyl sites for hydroxylation is 1. The summed E-state index contributed by atoms with van der Waals surface area (Å²) in [6.07, 6.45) is 1.62.